The van der Waals surface area contributed by atoms with Crippen molar-refractivity contribution in [3.8, 4) is 0 Å². The third kappa shape index (κ3) is 3.33. The van der Waals surface area contributed by atoms with Gasteiger partial charge in [0.2, 0.25) is 0 Å². The van der Waals surface area contributed by atoms with Crippen LogP contribution in [0, 0.1) is 34.0 Å². The number of fused-ring (bicyclic) bond motifs is 3. The van der Waals surface area contributed by atoms with Crippen LogP contribution in [-0.2, 0) is 38.2 Å². The molecule has 192 valence electrons. The maximum Gasteiger partial charge on any atom is 0.303 e. The number of hydrogen-bond donors (Lipinski definition) is 1. The van der Waals surface area contributed by atoms with Crippen molar-refractivity contribution in [1.29, 1.82) is 0 Å². The van der Waals surface area contributed by atoms with Crippen molar-refractivity contribution in [1.82, 2.24) is 0 Å². The van der Waals surface area contributed by atoms with Crippen LogP contribution in [0.25, 0.3) is 0 Å². The summed E-state index contributed by atoms with van der Waals surface area (Å²) >= 11 is 0. The predicted molar refractivity (Wildman–Crippen MR) is 120 cm³/mol. The molecule has 4 rings (SSSR count). The molecule has 0 heterocycles. The molecule has 35 heavy (non-hydrogen) atoms. The summed E-state index contributed by atoms with van der Waals surface area (Å²) in [7, 11) is 0. The monoisotopic (exact) mass is 490 g/mol. The van der Waals surface area contributed by atoms with Crippen molar-refractivity contribution in [3.05, 3.63) is 12.2 Å². The molecule has 0 aromatic carbocycles. The van der Waals surface area contributed by atoms with E-state index in [2.05, 4.69) is 6.58 Å². The lowest BCUT2D eigenvalue weighted by Crippen LogP contribution is -2.75. The minimum Gasteiger partial charge on any atom is -0.462 e. The lowest BCUT2D eigenvalue weighted by molar-refractivity contribution is -0.263. The Hall–Kier alpha value is -2.55. The van der Waals surface area contributed by atoms with Crippen LogP contribution in [0.15, 0.2) is 12.2 Å². The number of esters is 3. The molecule has 4 aliphatic carbocycles. The molecule has 1 N–H and O–H groups in total. The Morgan fingerprint density at radius 3 is 2.06 bits per heavy atom. The standard InChI is InChI=1S/C26H34O9/c1-11-15-8-16(33-12(2)27)20-25(7)18(34-13(3)28)9-17(30)24(5,6)21(25)19(31)23(35-14(4)29)26(20,10-15)22(11)32/h15-18,20-21,23,30H,1,8-10H2,2-7H3/t15-,16+,17+,18?,20+,21-,23+,25?,26+/m1/s1. The van der Waals surface area contributed by atoms with Crippen molar-refractivity contribution >= 4 is 29.5 Å². The Morgan fingerprint density at radius 1 is 0.943 bits per heavy atom. The zero-order valence-electron chi connectivity index (χ0n) is 21.1. The number of ether oxygens (including phenoxy) is 3. The van der Waals surface area contributed by atoms with E-state index in [1.165, 1.54) is 20.8 Å². The number of rotatable bonds is 3. The zero-order chi connectivity index (χ0) is 26.2. The second-order valence-electron chi connectivity index (χ2n) is 11.5. The molecule has 0 aliphatic heterocycles. The molecule has 0 saturated heterocycles. The first-order valence-electron chi connectivity index (χ1n) is 12.1. The fourth-order valence-electron chi connectivity index (χ4n) is 8.13. The molecular formula is C26H34O9. The summed E-state index contributed by atoms with van der Waals surface area (Å²) in [6, 6.07) is 0. The van der Waals surface area contributed by atoms with Crippen LogP contribution in [0.3, 0.4) is 0 Å². The van der Waals surface area contributed by atoms with Gasteiger partial charge in [-0.25, -0.2) is 0 Å². The Labute approximate surface area is 204 Å². The van der Waals surface area contributed by atoms with E-state index in [1.807, 2.05) is 0 Å². The van der Waals surface area contributed by atoms with Gasteiger partial charge in [0.05, 0.1) is 11.5 Å². The fourth-order valence-corrected chi connectivity index (χ4v) is 8.13. The van der Waals surface area contributed by atoms with Gasteiger partial charge in [-0.3, -0.25) is 24.0 Å². The van der Waals surface area contributed by atoms with Crippen molar-refractivity contribution in [2.24, 2.45) is 34.0 Å². The lowest BCUT2D eigenvalue weighted by atomic mass is 9.38. The van der Waals surface area contributed by atoms with E-state index in [9.17, 15) is 29.1 Å². The lowest BCUT2D eigenvalue weighted by Gasteiger charge is -2.66. The summed E-state index contributed by atoms with van der Waals surface area (Å²) in [6.45, 7) is 12.9. The molecule has 0 amide bonds. The van der Waals surface area contributed by atoms with Gasteiger partial charge in [-0.1, -0.05) is 27.4 Å². The number of ketones is 2. The van der Waals surface area contributed by atoms with Crippen LogP contribution in [-0.4, -0.2) is 59.0 Å². The van der Waals surface area contributed by atoms with Crippen LogP contribution >= 0.6 is 0 Å². The van der Waals surface area contributed by atoms with Crippen LogP contribution in [0.1, 0.15) is 60.8 Å². The second kappa shape index (κ2) is 7.98. The quantitative estimate of drug-likeness (QED) is 0.358. The summed E-state index contributed by atoms with van der Waals surface area (Å²) in [4.78, 5) is 64.8. The highest BCUT2D eigenvalue weighted by molar-refractivity contribution is 6.08. The molecule has 9 atom stereocenters. The minimum atomic E-state index is -1.51. The van der Waals surface area contributed by atoms with Crippen LogP contribution in [0.5, 0.6) is 0 Å². The van der Waals surface area contributed by atoms with Gasteiger partial charge < -0.3 is 19.3 Å². The number of hydrogen-bond acceptors (Lipinski definition) is 9. The van der Waals surface area contributed by atoms with Gasteiger partial charge in [-0.2, -0.15) is 0 Å². The molecule has 4 aliphatic rings. The van der Waals surface area contributed by atoms with Crippen LogP contribution in [0.2, 0.25) is 0 Å². The number of Topliss-reactive ketones (excluding diaryl/α,β-unsaturated/α-hetero) is 2. The average Bonchev–Trinajstić information content (AvgIpc) is 2.90. The number of aliphatic hydroxyl groups is 1. The van der Waals surface area contributed by atoms with Gasteiger partial charge in [0.25, 0.3) is 0 Å². The summed E-state index contributed by atoms with van der Waals surface area (Å²) in [5, 5.41) is 11.1. The highest BCUT2D eigenvalue weighted by Gasteiger charge is 2.79. The Kier molecular flexibility index (Phi) is 5.82. The maximum atomic E-state index is 14.3. The average molecular weight is 491 g/mol. The molecule has 0 radical (unpaired) electrons. The highest BCUT2D eigenvalue weighted by atomic mass is 16.6. The van der Waals surface area contributed by atoms with E-state index in [4.69, 9.17) is 14.2 Å². The maximum absolute atomic E-state index is 14.3. The Bertz CT molecular complexity index is 1030. The van der Waals surface area contributed by atoms with Gasteiger partial charge in [-0.15, -0.1) is 0 Å². The number of allylic oxidation sites excluding steroid dienone is 1. The second-order valence-corrected chi connectivity index (χ2v) is 11.5. The number of aliphatic hydroxyl groups excluding tert-OH is 1. The first-order valence-corrected chi connectivity index (χ1v) is 12.1. The first kappa shape index (κ1) is 25.5. The van der Waals surface area contributed by atoms with E-state index >= 15 is 0 Å². The SMILES string of the molecule is C=C1C(=O)[C@]23C[C@H]1C[C@H](OC(C)=O)[C@H]2C1(C)C(OC(C)=O)C[C@H](O)C(C)(C)[C@H]1C(=O)[C@@H]3OC(C)=O. The molecule has 2 bridgehead atoms. The molecule has 0 aromatic rings. The normalized spacial score (nSPS) is 43.6. The summed E-state index contributed by atoms with van der Waals surface area (Å²) in [5.41, 5.74) is -3.41. The van der Waals surface area contributed by atoms with Crippen molar-refractivity contribution in [2.75, 3.05) is 0 Å². The largest absolute Gasteiger partial charge is 0.462 e. The molecule has 4 saturated carbocycles. The van der Waals surface area contributed by atoms with E-state index < -0.39 is 76.2 Å². The van der Waals surface area contributed by atoms with Gasteiger partial charge in [0.15, 0.2) is 17.7 Å². The predicted octanol–water partition coefficient (Wildman–Crippen LogP) is 1.93. The van der Waals surface area contributed by atoms with Gasteiger partial charge >= 0.3 is 17.9 Å². The fraction of sp³-hybridized carbons (Fsp3) is 0.731. The molecule has 9 nitrogen and oxygen atoms in total. The van der Waals surface area contributed by atoms with Gasteiger partial charge in [-0.05, 0) is 24.3 Å². The first-order chi connectivity index (χ1) is 16.1. The Morgan fingerprint density at radius 2 is 1.51 bits per heavy atom. The topological polar surface area (TPSA) is 133 Å². The number of carbonyl (C=O) groups excluding carboxylic acids is 5. The van der Waals surface area contributed by atoms with Crippen molar-refractivity contribution in [2.45, 2.75) is 85.2 Å². The van der Waals surface area contributed by atoms with E-state index in [0.29, 0.717) is 12.0 Å². The minimum absolute atomic E-state index is 0.0447. The van der Waals surface area contributed by atoms with E-state index in [1.54, 1.807) is 20.8 Å². The third-order valence-electron chi connectivity index (χ3n) is 9.18. The molecular weight excluding hydrogens is 456 g/mol. The smallest absolute Gasteiger partial charge is 0.303 e. The van der Waals surface area contributed by atoms with Gasteiger partial charge in [0.1, 0.15) is 12.2 Å². The Balaban J connectivity index is 2.04. The van der Waals surface area contributed by atoms with Crippen LogP contribution in [0.4, 0.5) is 0 Å². The van der Waals surface area contributed by atoms with Crippen LogP contribution < -0.4 is 0 Å². The van der Waals surface area contributed by atoms with Crippen molar-refractivity contribution in [3.63, 3.8) is 0 Å². The summed E-state index contributed by atoms with van der Waals surface area (Å²) < 4.78 is 17.1. The van der Waals surface area contributed by atoms with Gasteiger partial charge in [0, 0.05) is 49.9 Å². The van der Waals surface area contributed by atoms with E-state index in [0.717, 1.165) is 0 Å². The molecule has 4 fully saturated rings. The molecule has 2 unspecified atom stereocenters. The zero-order valence-corrected chi connectivity index (χ0v) is 21.1. The van der Waals surface area contributed by atoms with E-state index in [-0.39, 0.29) is 24.5 Å². The number of carbonyl (C=O) groups is 5. The molecule has 0 aromatic heterocycles. The van der Waals surface area contributed by atoms with Crippen molar-refractivity contribution < 1.29 is 43.3 Å². The molecule has 1 spiro atoms. The summed E-state index contributed by atoms with van der Waals surface area (Å²) in [5.74, 6) is -4.86. The molecule has 9 heteroatoms. The highest BCUT2D eigenvalue weighted by Crippen LogP contribution is 2.71. The third-order valence-corrected chi connectivity index (χ3v) is 9.18. The summed E-state index contributed by atoms with van der Waals surface area (Å²) in [6.07, 6.45) is -3.62.